The van der Waals surface area contributed by atoms with E-state index in [1.807, 2.05) is 74.5 Å². The molecule has 0 saturated heterocycles. The Kier molecular flexibility index (Phi) is 8.43. The highest BCUT2D eigenvalue weighted by molar-refractivity contribution is 6.01. The maximum absolute atomic E-state index is 13.4. The van der Waals surface area contributed by atoms with Crippen LogP contribution in [0.1, 0.15) is 24.2 Å². The number of aromatic nitrogens is 2. The summed E-state index contributed by atoms with van der Waals surface area (Å²) in [5.74, 6) is 1.25. The summed E-state index contributed by atoms with van der Waals surface area (Å²) in [7, 11) is 3.13. The van der Waals surface area contributed by atoms with Crippen LogP contribution in [0.25, 0.3) is 16.9 Å². The molecule has 4 rings (SSSR count). The van der Waals surface area contributed by atoms with Crippen molar-refractivity contribution in [1.29, 1.82) is 0 Å². The number of benzene rings is 3. The molecule has 1 heterocycles. The smallest absolute Gasteiger partial charge is 0.258 e. The summed E-state index contributed by atoms with van der Waals surface area (Å²) < 4.78 is 12.3. The number of hydrogen-bond donors (Lipinski definition) is 1. The van der Waals surface area contributed by atoms with E-state index in [4.69, 9.17) is 14.6 Å². The highest BCUT2D eigenvalue weighted by atomic mass is 16.5. The van der Waals surface area contributed by atoms with E-state index in [9.17, 15) is 9.59 Å². The normalized spacial score (nSPS) is 10.8. The summed E-state index contributed by atoms with van der Waals surface area (Å²) in [4.78, 5) is 28.3. The van der Waals surface area contributed by atoms with Crippen LogP contribution in [0.3, 0.4) is 0 Å². The molecule has 3 aromatic carbocycles. The van der Waals surface area contributed by atoms with Crippen molar-refractivity contribution in [3.8, 4) is 28.4 Å². The second kappa shape index (κ2) is 12.1. The van der Waals surface area contributed by atoms with E-state index in [1.165, 1.54) is 7.11 Å². The van der Waals surface area contributed by atoms with E-state index in [1.54, 1.807) is 41.0 Å². The summed E-state index contributed by atoms with van der Waals surface area (Å²) >= 11 is 0. The Balaban J connectivity index is 1.62. The average Bonchev–Trinajstić information content (AvgIpc) is 3.36. The van der Waals surface area contributed by atoms with Crippen molar-refractivity contribution in [2.75, 3.05) is 32.6 Å². The summed E-state index contributed by atoms with van der Waals surface area (Å²) in [5, 5.41) is 7.73. The first-order chi connectivity index (χ1) is 18.4. The predicted octanol–water partition coefficient (Wildman–Crippen LogP) is 5.29. The molecule has 0 bridgehead atoms. The Hall–Kier alpha value is -4.59. The van der Waals surface area contributed by atoms with Gasteiger partial charge in [-0.3, -0.25) is 9.59 Å². The molecule has 8 heteroatoms. The number of rotatable bonds is 10. The number of carbonyl (C=O) groups excluding carboxylic acids is 2. The number of amides is 2. The van der Waals surface area contributed by atoms with Gasteiger partial charge in [-0.15, -0.1) is 0 Å². The Bertz CT molecular complexity index is 1380. The van der Waals surface area contributed by atoms with Gasteiger partial charge < -0.3 is 19.7 Å². The maximum Gasteiger partial charge on any atom is 0.258 e. The first kappa shape index (κ1) is 26.5. The number of methoxy groups -OCH3 is 2. The van der Waals surface area contributed by atoms with E-state index >= 15 is 0 Å². The standard InChI is InChI=1S/C30H32N4O4/c1-21(2)19-33(30(36)25-12-8-9-13-27(25)38-4)20-29(35)31-28-18-26(22-10-6-5-7-11-22)32-34(28)23-14-16-24(37-3)17-15-23/h5-18,21H,19-20H2,1-4H3,(H,31,35). The second-order valence-electron chi connectivity index (χ2n) is 9.22. The summed E-state index contributed by atoms with van der Waals surface area (Å²) in [6.07, 6.45) is 0. The van der Waals surface area contributed by atoms with Crippen LogP contribution < -0.4 is 14.8 Å². The van der Waals surface area contributed by atoms with Crippen LogP contribution in [0.15, 0.2) is 84.9 Å². The molecule has 1 aromatic heterocycles. The fourth-order valence-corrected chi connectivity index (χ4v) is 4.15. The molecular formula is C30H32N4O4. The molecule has 0 spiro atoms. The quantitative estimate of drug-likeness (QED) is 0.312. The van der Waals surface area contributed by atoms with E-state index in [0.717, 1.165) is 11.3 Å². The number of ether oxygens (including phenoxy) is 2. The van der Waals surface area contributed by atoms with Gasteiger partial charge in [0, 0.05) is 18.2 Å². The zero-order valence-electron chi connectivity index (χ0n) is 22.0. The minimum atomic E-state index is -0.330. The van der Waals surface area contributed by atoms with Crippen molar-refractivity contribution in [3.05, 3.63) is 90.5 Å². The molecule has 4 aromatic rings. The SMILES string of the molecule is COc1ccc(-n2nc(-c3ccccc3)cc2NC(=O)CN(CC(C)C)C(=O)c2ccccc2OC)cc1. The molecule has 8 nitrogen and oxygen atoms in total. The van der Waals surface area contributed by atoms with E-state index in [0.29, 0.717) is 35.1 Å². The fourth-order valence-electron chi connectivity index (χ4n) is 4.15. The lowest BCUT2D eigenvalue weighted by molar-refractivity contribution is -0.117. The number of nitrogens with one attached hydrogen (secondary N) is 1. The molecule has 1 N–H and O–H groups in total. The third-order valence-electron chi connectivity index (χ3n) is 5.91. The summed E-state index contributed by atoms with van der Waals surface area (Å²) in [5.41, 5.74) is 2.80. The van der Waals surface area contributed by atoms with Gasteiger partial charge in [-0.2, -0.15) is 5.10 Å². The van der Waals surface area contributed by atoms with Gasteiger partial charge >= 0.3 is 0 Å². The third kappa shape index (κ3) is 6.21. The van der Waals surface area contributed by atoms with Gasteiger partial charge in [-0.1, -0.05) is 56.3 Å². The van der Waals surface area contributed by atoms with Gasteiger partial charge in [-0.05, 0) is 42.3 Å². The van der Waals surface area contributed by atoms with Gasteiger partial charge in [0.05, 0.1) is 31.2 Å². The van der Waals surface area contributed by atoms with E-state index < -0.39 is 0 Å². The molecule has 38 heavy (non-hydrogen) atoms. The zero-order valence-corrected chi connectivity index (χ0v) is 22.0. The molecule has 2 amide bonds. The lowest BCUT2D eigenvalue weighted by Crippen LogP contribution is -2.40. The number of anilines is 1. The molecular weight excluding hydrogens is 480 g/mol. The van der Waals surface area contributed by atoms with Crippen LogP contribution in [0.2, 0.25) is 0 Å². The third-order valence-corrected chi connectivity index (χ3v) is 5.91. The Morgan fingerprint density at radius 1 is 0.921 bits per heavy atom. The van der Waals surface area contributed by atoms with E-state index in [-0.39, 0.29) is 24.3 Å². The number of hydrogen-bond acceptors (Lipinski definition) is 5. The molecule has 196 valence electrons. The van der Waals surface area contributed by atoms with Gasteiger partial charge in [0.1, 0.15) is 23.9 Å². The number of nitrogens with zero attached hydrogens (tertiary/aromatic N) is 3. The monoisotopic (exact) mass is 512 g/mol. The molecule has 0 aliphatic rings. The van der Waals surface area contributed by atoms with Crippen molar-refractivity contribution >= 4 is 17.6 Å². The summed E-state index contributed by atoms with van der Waals surface area (Å²) in [6.45, 7) is 4.30. The second-order valence-corrected chi connectivity index (χ2v) is 9.22. The van der Waals surface area contributed by atoms with Crippen LogP contribution in [0.4, 0.5) is 5.82 Å². The average molecular weight is 513 g/mol. The Morgan fingerprint density at radius 3 is 2.26 bits per heavy atom. The molecule has 0 atom stereocenters. The topological polar surface area (TPSA) is 85.7 Å². The van der Waals surface area contributed by atoms with E-state index in [2.05, 4.69) is 5.32 Å². The highest BCUT2D eigenvalue weighted by Gasteiger charge is 2.23. The van der Waals surface area contributed by atoms with Gasteiger partial charge in [0.2, 0.25) is 5.91 Å². The Labute approximate surface area is 222 Å². The van der Waals surface area contributed by atoms with Crippen LogP contribution in [0, 0.1) is 5.92 Å². The lowest BCUT2D eigenvalue weighted by Gasteiger charge is -2.25. The molecule has 0 aliphatic carbocycles. The van der Waals surface area contributed by atoms with Crippen molar-refractivity contribution in [2.45, 2.75) is 13.8 Å². The van der Waals surface area contributed by atoms with Crippen LogP contribution >= 0.6 is 0 Å². The Morgan fingerprint density at radius 2 is 1.61 bits per heavy atom. The molecule has 0 unspecified atom stereocenters. The number of para-hydroxylation sites is 1. The largest absolute Gasteiger partial charge is 0.497 e. The van der Waals surface area contributed by atoms with Gasteiger partial charge in [0.25, 0.3) is 5.91 Å². The van der Waals surface area contributed by atoms with Crippen LogP contribution in [-0.2, 0) is 4.79 Å². The maximum atomic E-state index is 13.4. The molecule has 0 saturated carbocycles. The van der Waals surface area contributed by atoms with Crippen LogP contribution in [0.5, 0.6) is 11.5 Å². The predicted molar refractivity (Wildman–Crippen MR) is 148 cm³/mol. The van der Waals surface area contributed by atoms with Crippen molar-refractivity contribution < 1.29 is 19.1 Å². The molecule has 0 fully saturated rings. The van der Waals surface area contributed by atoms with Gasteiger partial charge in [0.15, 0.2) is 0 Å². The lowest BCUT2D eigenvalue weighted by atomic mass is 10.1. The number of carbonyl (C=O) groups is 2. The van der Waals surface area contributed by atoms with Crippen LogP contribution in [-0.4, -0.2) is 53.8 Å². The van der Waals surface area contributed by atoms with Crippen molar-refractivity contribution in [3.63, 3.8) is 0 Å². The first-order valence-electron chi connectivity index (χ1n) is 12.4. The minimum absolute atomic E-state index is 0.122. The van der Waals surface area contributed by atoms with Crippen molar-refractivity contribution in [1.82, 2.24) is 14.7 Å². The van der Waals surface area contributed by atoms with Gasteiger partial charge in [-0.25, -0.2) is 4.68 Å². The minimum Gasteiger partial charge on any atom is -0.497 e. The highest BCUT2D eigenvalue weighted by Crippen LogP contribution is 2.26. The fraction of sp³-hybridized carbons (Fsp3) is 0.233. The zero-order chi connectivity index (χ0) is 27.1. The first-order valence-corrected chi connectivity index (χ1v) is 12.4. The van der Waals surface area contributed by atoms with Crippen molar-refractivity contribution in [2.24, 2.45) is 5.92 Å². The molecule has 0 aliphatic heterocycles. The molecule has 0 radical (unpaired) electrons. The summed E-state index contributed by atoms with van der Waals surface area (Å²) in [6, 6.07) is 26.0.